The number of nitrogens with zero attached hydrogens (tertiary/aromatic N) is 1. The monoisotopic (exact) mass is 210 g/mol. The van der Waals surface area contributed by atoms with Gasteiger partial charge in [0.2, 0.25) is 0 Å². The Morgan fingerprint density at radius 3 is 2.73 bits per heavy atom. The van der Waals surface area contributed by atoms with E-state index in [0.29, 0.717) is 19.8 Å². The highest BCUT2D eigenvalue weighted by Gasteiger charge is 2.03. The molecule has 1 rings (SSSR count). The van der Waals surface area contributed by atoms with Crippen LogP contribution in [0.3, 0.4) is 0 Å². The van der Waals surface area contributed by atoms with Gasteiger partial charge in [-0.3, -0.25) is 4.98 Å². The molecule has 0 aliphatic rings. The second-order valence-electron chi connectivity index (χ2n) is 3.39. The summed E-state index contributed by atoms with van der Waals surface area (Å²) in [6, 6.07) is 3.97. The molecule has 0 aliphatic heterocycles. The van der Waals surface area contributed by atoms with Crippen molar-refractivity contribution in [1.82, 2.24) is 4.98 Å². The number of rotatable bonds is 7. The average molecular weight is 210 g/mol. The van der Waals surface area contributed by atoms with Crippen molar-refractivity contribution in [1.29, 1.82) is 0 Å². The van der Waals surface area contributed by atoms with Crippen LogP contribution in [0.2, 0.25) is 0 Å². The smallest absolute Gasteiger partial charge is 0.0701 e. The Balaban J connectivity index is 2.16. The van der Waals surface area contributed by atoms with Gasteiger partial charge in [-0.2, -0.15) is 0 Å². The van der Waals surface area contributed by atoms with Gasteiger partial charge in [0.15, 0.2) is 0 Å². The minimum Gasteiger partial charge on any atom is -0.382 e. The molecule has 1 atom stereocenters. The zero-order valence-electron chi connectivity index (χ0n) is 9.06. The number of nitrogens with two attached hydrogens (primary N) is 1. The van der Waals surface area contributed by atoms with Gasteiger partial charge in [-0.05, 0) is 24.1 Å². The Morgan fingerprint density at radius 2 is 2.07 bits per heavy atom. The molecule has 4 heteroatoms. The summed E-state index contributed by atoms with van der Waals surface area (Å²) in [7, 11) is 1.65. The van der Waals surface area contributed by atoms with Crippen molar-refractivity contribution in [2.75, 3.05) is 26.9 Å². The Labute approximate surface area is 90.4 Å². The SMILES string of the molecule is COCCOCC(N)Cc1ccncc1. The lowest BCUT2D eigenvalue weighted by molar-refractivity contribution is 0.0637. The molecule has 0 saturated heterocycles. The molecule has 0 radical (unpaired) electrons. The van der Waals surface area contributed by atoms with E-state index >= 15 is 0 Å². The van der Waals surface area contributed by atoms with Gasteiger partial charge in [0.05, 0.1) is 19.8 Å². The summed E-state index contributed by atoms with van der Waals surface area (Å²) in [4.78, 5) is 3.95. The molecule has 0 fully saturated rings. The maximum atomic E-state index is 5.90. The van der Waals surface area contributed by atoms with Crippen molar-refractivity contribution in [3.63, 3.8) is 0 Å². The Hall–Kier alpha value is -0.970. The minimum absolute atomic E-state index is 0.0317. The van der Waals surface area contributed by atoms with Crippen molar-refractivity contribution in [2.24, 2.45) is 5.73 Å². The lowest BCUT2D eigenvalue weighted by Gasteiger charge is -2.11. The largest absolute Gasteiger partial charge is 0.382 e. The standard InChI is InChI=1S/C11H18N2O2/c1-14-6-7-15-9-11(12)8-10-2-4-13-5-3-10/h2-5,11H,6-9,12H2,1H3. The van der Waals surface area contributed by atoms with Crippen molar-refractivity contribution < 1.29 is 9.47 Å². The van der Waals surface area contributed by atoms with Crippen LogP contribution in [0, 0.1) is 0 Å². The molecule has 0 spiro atoms. The van der Waals surface area contributed by atoms with E-state index in [1.165, 1.54) is 5.56 Å². The van der Waals surface area contributed by atoms with Gasteiger partial charge in [0, 0.05) is 25.5 Å². The molecular formula is C11H18N2O2. The molecule has 15 heavy (non-hydrogen) atoms. The van der Waals surface area contributed by atoms with Crippen molar-refractivity contribution >= 4 is 0 Å². The fourth-order valence-electron chi connectivity index (χ4n) is 1.26. The normalized spacial score (nSPS) is 12.7. The van der Waals surface area contributed by atoms with Gasteiger partial charge in [-0.25, -0.2) is 0 Å². The molecule has 2 N–H and O–H groups in total. The van der Waals surface area contributed by atoms with E-state index < -0.39 is 0 Å². The van der Waals surface area contributed by atoms with Crippen LogP contribution in [0.5, 0.6) is 0 Å². The van der Waals surface area contributed by atoms with E-state index in [1.54, 1.807) is 19.5 Å². The van der Waals surface area contributed by atoms with E-state index in [-0.39, 0.29) is 6.04 Å². The summed E-state index contributed by atoms with van der Waals surface area (Å²) < 4.78 is 10.2. The summed E-state index contributed by atoms with van der Waals surface area (Å²) >= 11 is 0. The molecule has 0 bridgehead atoms. The third kappa shape index (κ3) is 5.47. The van der Waals surface area contributed by atoms with Crippen LogP contribution in [0.25, 0.3) is 0 Å². The third-order valence-electron chi connectivity index (χ3n) is 2.01. The molecule has 0 aromatic carbocycles. The number of aromatic nitrogens is 1. The topological polar surface area (TPSA) is 57.4 Å². The van der Waals surface area contributed by atoms with Crippen molar-refractivity contribution in [3.8, 4) is 0 Å². The van der Waals surface area contributed by atoms with E-state index in [1.807, 2.05) is 12.1 Å². The summed E-state index contributed by atoms with van der Waals surface area (Å²) in [5.74, 6) is 0. The van der Waals surface area contributed by atoms with Gasteiger partial charge in [-0.15, -0.1) is 0 Å². The predicted molar refractivity (Wildman–Crippen MR) is 58.6 cm³/mol. The number of pyridine rings is 1. The minimum atomic E-state index is 0.0317. The van der Waals surface area contributed by atoms with Gasteiger partial charge in [0.1, 0.15) is 0 Å². The first-order valence-corrected chi connectivity index (χ1v) is 5.04. The zero-order valence-corrected chi connectivity index (χ0v) is 9.06. The lowest BCUT2D eigenvalue weighted by atomic mass is 10.1. The van der Waals surface area contributed by atoms with Crippen LogP contribution in [0.15, 0.2) is 24.5 Å². The zero-order chi connectivity index (χ0) is 10.9. The first-order valence-electron chi connectivity index (χ1n) is 5.04. The Bertz CT molecular complexity index is 254. The highest BCUT2D eigenvalue weighted by atomic mass is 16.5. The molecule has 0 amide bonds. The maximum Gasteiger partial charge on any atom is 0.0701 e. The molecule has 1 unspecified atom stereocenters. The van der Waals surface area contributed by atoms with E-state index in [2.05, 4.69) is 4.98 Å². The van der Waals surface area contributed by atoms with Crippen LogP contribution >= 0.6 is 0 Å². The highest BCUT2D eigenvalue weighted by molar-refractivity contribution is 5.11. The molecule has 1 aromatic rings. The molecule has 0 saturated carbocycles. The first-order chi connectivity index (χ1) is 7.33. The van der Waals surface area contributed by atoms with Gasteiger partial charge in [-0.1, -0.05) is 0 Å². The highest BCUT2D eigenvalue weighted by Crippen LogP contribution is 2.00. The Kier molecular flexibility index (Phi) is 5.92. The molecule has 1 heterocycles. The van der Waals surface area contributed by atoms with Crippen molar-refractivity contribution in [3.05, 3.63) is 30.1 Å². The van der Waals surface area contributed by atoms with Crippen LogP contribution in [-0.4, -0.2) is 38.0 Å². The van der Waals surface area contributed by atoms with Gasteiger partial charge >= 0.3 is 0 Å². The molecular weight excluding hydrogens is 192 g/mol. The van der Waals surface area contributed by atoms with E-state index in [9.17, 15) is 0 Å². The Morgan fingerprint density at radius 1 is 1.33 bits per heavy atom. The second-order valence-corrected chi connectivity index (χ2v) is 3.39. The number of hydrogen-bond donors (Lipinski definition) is 1. The quantitative estimate of drug-likeness (QED) is 0.670. The second kappa shape index (κ2) is 7.34. The molecule has 84 valence electrons. The van der Waals surface area contributed by atoms with E-state index in [0.717, 1.165) is 6.42 Å². The van der Waals surface area contributed by atoms with Crippen molar-refractivity contribution in [2.45, 2.75) is 12.5 Å². The lowest BCUT2D eigenvalue weighted by Crippen LogP contribution is -2.29. The predicted octanol–water partition coefficient (Wildman–Crippen LogP) is 0.614. The van der Waals surface area contributed by atoms with Crippen LogP contribution in [0.1, 0.15) is 5.56 Å². The fraction of sp³-hybridized carbons (Fsp3) is 0.545. The summed E-state index contributed by atoms with van der Waals surface area (Å²) in [6.45, 7) is 1.77. The summed E-state index contributed by atoms with van der Waals surface area (Å²) in [6.07, 6.45) is 4.36. The molecule has 4 nitrogen and oxygen atoms in total. The van der Waals surface area contributed by atoms with E-state index in [4.69, 9.17) is 15.2 Å². The number of methoxy groups -OCH3 is 1. The number of hydrogen-bond acceptors (Lipinski definition) is 4. The van der Waals surface area contributed by atoms with Crippen LogP contribution in [0.4, 0.5) is 0 Å². The molecule has 0 aliphatic carbocycles. The van der Waals surface area contributed by atoms with Gasteiger partial charge in [0.25, 0.3) is 0 Å². The summed E-state index contributed by atoms with van der Waals surface area (Å²) in [5, 5.41) is 0. The summed E-state index contributed by atoms with van der Waals surface area (Å²) in [5.41, 5.74) is 7.09. The number of ether oxygens (including phenoxy) is 2. The maximum absolute atomic E-state index is 5.90. The first kappa shape index (κ1) is 12.1. The van der Waals surface area contributed by atoms with Crippen LogP contribution < -0.4 is 5.73 Å². The molecule has 1 aromatic heterocycles. The third-order valence-corrected chi connectivity index (χ3v) is 2.01. The van der Waals surface area contributed by atoms with Gasteiger partial charge < -0.3 is 15.2 Å². The average Bonchev–Trinajstić information content (AvgIpc) is 2.26. The fourth-order valence-corrected chi connectivity index (χ4v) is 1.26. The van der Waals surface area contributed by atoms with Crippen LogP contribution in [-0.2, 0) is 15.9 Å².